The van der Waals surface area contributed by atoms with Crippen molar-refractivity contribution in [2.45, 2.75) is 45.6 Å². The minimum absolute atomic E-state index is 0. The lowest BCUT2D eigenvalue weighted by Gasteiger charge is -2.19. The molecule has 0 amide bonds. The van der Waals surface area contributed by atoms with Crippen LogP contribution in [0.5, 0.6) is 0 Å². The van der Waals surface area contributed by atoms with E-state index in [0.29, 0.717) is 11.5 Å². The van der Waals surface area contributed by atoms with E-state index in [1.54, 1.807) is 0 Å². The summed E-state index contributed by atoms with van der Waals surface area (Å²) in [4.78, 5) is 4.23. The minimum Gasteiger partial charge on any atom is -0.356 e. The van der Waals surface area contributed by atoms with E-state index in [9.17, 15) is 0 Å². The van der Waals surface area contributed by atoms with Crippen molar-refractivity contribution in [3.05, 3.63) is 0 Å². The second kappa shape index (κ2) is 5.56. The van der Waals surface area contributed by atoms with E-state index >= 15 is 0 Å². The van der Waals surface area contributed by atoms with Crippen LogP contribution in [0.25, 0.3) is 0 Å². The van der Waals surface area contributed by atoms with Crippen LogP contribution in [0.1, 0.15) is 39.5 Å². The molecule has 3 nitrogen and oxygen atoms in total. The van der Waals surface area contributed by atoms with Gasteiger partial charge in [0.15, 0.2) is 5.96 Å². The molecule has 0 radical (unpaired) electrons. The summed E-state index contributed by atoms with van der Waals surface area (Å²) in [5, 5.41) is 6.79. The van der Waals surface area contributed by atoms with Gasteiger partial charge in [-0.1, -0.05) is 0 Å². The molecule has 0 heterocycles. The number of guanidine groups is 1. The van der Waals surface area contributed by atoms with Crippen LogP contribution in [0.3, 0.4) is 0 Å². The smallest absolute Gasteiger partial charge is 0.191 e. The molecule has 16 heavy (non-hydrogen) atoms. The highest BCUT2D eigenvalue weighted by molar-refractivity contribution is 14.0. The van der Waals surface area contributed by atoms with Crippen LogP contribution in [0.15, 0.2) is 4.99 Å². The summed E-state index contributed by atoms with van der Waals surface area (Å²) in [6, 6.07) is 0.451. The van der Waals surface area contributed by atoms with E-state index in [-0.39, 0.29) is 24.0 Å². The Kier molecular flexibility index (Phi) is 4.88. The Labute approximate surface area is 116 Å². The van der Waals surface area contributed by atoms with Crippen LogP contribution in [-0.4, -0.2) is 25.6 Å². The highest BCUT2D eigenvalue weighted by Crippen LogP contribution is 2.60. The normalized spacial score (nSPS) is 22.6. The molecule has 0 atom stereocenters. The van der Waals surface area contributed by atoms with Gasteiger partial charge in [-0.2, -0.15) is 0 Å². The molecule has 2 fully saturated rings. The third-order valence-corrected chi connectivity index (χ3v) is 3.59. The van der Waals surface area contributed by atoms with Crippen LogP contribution in [0, 0.1) is 11.3 Å². The van der Waals surface area contributed by atoms with Gasteiger partial charge in [0, 0.05) is 19.6 Å². The molecule has 0 aromatic heterocycles. The van der Waals surface area contributed by atoms with Gasteiger partial charge in [0.1, 0.15) is 0 Å². The van der Waals surface area contributed by atoms with E-state index in [1.165, 1.54) is 25.7 Å². The second-order valence-electron chi connectivity index (χ2n) is 5.36. The number of rotatable bonds is 4. The fraction of sp³-hybridized carbons (Fsp3) is 0.917. The third-order valence-electron chi connectivity index (χ3n) is 3.59. The fourth-order valence-corrected chi connectivity index (χ4v) is 2.31. The van der Waals surface area contributed by atoms with Gasteiger partial charge in [0.25, 0.3) is 0 Å². The zero-order valence-corrected chi connectivity index (χ0v) is 12.9. The van der Waals surface area contributed by atoms with Crippen molar-refractivity contribution in [2.24, 2.45) is 16.3 Å². The van der Waals surface area contributed by atoms with Crippen molar-refractivity contribution in [1.29, 1.82) is 0 Å². The SMILES string of the molecule is CN=C(NCC1(C2CC2)CC1)NC(C)C.I. The fourth-order valence-electron chi connectivity index (χ4n) is 2.31. The predicted octanol–water partition coefficient (Wildman–Crippen LogP) is 2.37. The van der Waals surface area contributed by atoms with E-state index in [0.717, 1.165) is 18.4 Å². The maximum Gasteiger partial charge on any atom is 0.191 e. The molecule has 0 saturated heterocycles. The zero-order chi connectivity index (χ0) is 10.9. The molecule has 2 N–H and O–H groups in total. The van der Waals surface area contributed by atoms with Gasteiger partial charge in [0.2, 0.25) is 0 Å². The van der Waals surface area contributed by atoms with Crippen molar-refractivity contribution in [1.82, 2.24) is 10.6 Å². The molecule has 0 unspecified atom stereocenters. The first-order valence-electron chi connectivity index (χ1n) is 6.13. The minimum atomic E-state index is 0. The first kappa shape index (κ1) is 14.1. The lowest BCUT2D eigenvalue weighted by atomic mass is 10.0. The molecule has 2 rings (SSSR count). The average molecular weight is 337 g/mol. The monoisotopic (exact) mass is 337 g/mol. The standard InChI is InChI=1S/C12H23N3.HI/c1-9(2)15-11(13-3)14-8-12(6-7-12)10-4-5-10;/h9-10H,4-8H2,1-3H3,(H2,13,14,15);1H. The average Bonchev–Trinajstić information content (AvgIpc) is 3.01. The zero-order valence-electron chi connectivity index (χ0n) is 10.5. The summed E-state index contributed by atoms with van der Waals surface area (Å²) in [6.07, 6.45) is 5.75. The Morgan fingerprint density at radius 2 is 2.00 bits per heavy atom. The van der Waals surface area contributed by atoms with Gasteiger partial charge >= 0.3 is 0 Å². The van der Waals surface area contributed by atoms with Crippen LogP contribution in [0.4, 0.5) is 0 Å². The summed E-state index contributed by atoms with van der Waals surface area (Å²) in [6.45, 7) is 5.39. The van der Waals surface area contributed by atoms with Crippen LogP contribution in [-0.2, 0) is 0 Å². The Bertz CT molecular complexity index is 255. The van der Waals surface area contributed by atoms with E-state index in [2.05, 4.69) is 29.5 Å². The molecule has 0 spiro atoms. The number of hydrogen-bond acceptors (Lipinski definition) is 1. The van der Waals surface area contributed by atoms with E-state index < -0.39 is 0 Å². The van der Waals surface area contributed by atoms with E-state index in [1.807, 2.05) is 7.05 Å². The number of nitrogens with one attached hydrogen (secondary N) is 2. The molecular formula is C12H24IN3. The van der Waals surface area contributed by atoms with Crippen molar-refractivity contribution >= 4 is 29.9 Å². The molecule has 2 aliphatic rings. The number of aliphatic imine (C=N–C) groups is 1. The van der Waals surface area contributed by atoms with Crippen LogP contribution in [0.2, 0.25) is 0 Å². The lowest BCUT2D eigenvalue weighted by Crippen LogP contribution is -2.43. The molecule has 0 bridgehead atoms. The molecule has 4 heteroatoms. The summed E-state index contributed by atoms with van der Waals surface area (Å²) >= 11 is 0. The Morgan fingerprint density at radius 1 is 1.38 bits per heavy atom. The number of nitrogens with zero attached hydrogens (tertiary/aromatic N) is 1. The summed E-state index contributed by atoms with van der Waals surface area (Å²) in [7, 11) is 1.84. The largest absolute Gasteiger partial charge is 0.356 e. The van der Waals surface area contributed by atoms with Gasteiger partial charge < -0.3 is 10.6 Å². The Balaban J connectivity index is 0.00000128. The van der Waals surface area contributed by atoms with Crippen molar-refractivity contribution in [3.63, 3.8) is 0 Å². The summed E-state index contributed by atoms with van der Waals surface area (Å²) in [5.74, 6) is 1.97. The quantitative estimate of drug-likeness (QED) is 0.469. The predicted molar refractivity (Wildman–Crippen MR) is 79.4 cm³/mol. The van der Waals surface area contributed by atoms with Crippen molar-refractivity contribution < 1.29 is 0 Å². The van der Waals surface area contributed by atoms with E-state index in [4.69, 9.17) is 0 Å². The third kappa shape index (κ3) is 3.50. The first-order chi connectivity index (χ1) is 7.16. The second-order valence-corrected chi connectivity index (χ2v) is 5.36. The van der Waals surface area contributed by atoms with Crippen LogP contribution < -0.4 is 10.6 Å². The maximum atomic E-state index is 4.23. The molecule has 2 saturated carbocycles. The van der Waals surface area contributed by atoms with Gasteiger partial charge in [-0.15, -0.1) is 24.0 Å². The molecule has 0 aliphatic heterocycles. The van der Waals surface area contributed by atoms with Gasteiger partial charge in [-0.05, 0) is 50.9 Å². The number of halogens is 1. The van der Waals surface area contributed by atoms with Gasteiger partial charge in [-0.3, -0.25) is 4.99 Å². The Morgan fingerprint density at radius 3 is 2.38 bits per heavy atom. The molecule has 2 aliphatic carbocycles. The first-order valence-corrected chi connectivity index (χ1v) is 6.13. The van der Waals surface area contributed by atoms with Crippen molar-refractivity contribution in [3.8, 4) is 0 Å². The van der Waals surface area contributed by atoms with Crippen molar-refractivity contribution in [2.75, 3.05) is 13.6 Å². The van der Waals surface area contributed by atoms with Gasteiger partial charge in [-0.25, -0.2) is 0 Å². The molecular weight excluding hydrogens is 313 g/mol. The lowest BCUT2D eigenvalue weighted by molar-refractivity contribution is 0.430. The summed E-state index contributed by atoms with van der Waals surface area (Å²) in [5.41, 5.74) is 0.647. The molecule has 0 aromatic rings. The molecule has 0 aromatic carbocycles. The van der Waals surface area contributed by atoms with Gasteiger partial charge in [0.05, 0.1) is 0 Å². The Hall–Kier alpha value is 0. The highest BCUT2D eigenvalue weighted by Gasteiger charge is 2.53. The molecule has 94 valence electrons. The number of hydrogen-bond donors (Lipinski definition) is 2. The van der Waals surface area contributed by atoms with Crippen LogP contribution >= 0.6 is 24.0 Å². The highest BCUT2D eigenvalue weighted by atomic mass is 127. The summed E-state index contributed by atoms with van der Waals surface area (Å²) < 4.78 is 0. The maximum absolute atomic E-state index is 4.23. The topological polar surface area (TPSA) is 36.4 Å².